The lowest BCUT2D eigenvalue weighted by molar-refractivity contribution is -0.139. The van der Waals surface area contributed by atoms with Gasteiger partial charge in [-0.25, -0.2) is 0 Å². The highest BCUT2D eigenvalue weighted by molar-refractivity contribution is 5.67. The average molecular weight is 660 g/mol. The number of hydrogen-bond acceptors (Lipinski definition) is 2. The van der Waals surface area contributed by atoms with Gasteiger partial charge in [-0.05, 0) is 110 Å². The molecule has 5 aliphatic rings. The van der Waals surface area contributed by atoms with Gasteiger partial charge in [-0.15, -0.1) is 5.92 Å². The van der Waals surface area contributed by atoms with Gasteiger partial charge in [-0.1, -0.05) is 136 Å². The number of carboxylic acid groups (broad SMARTS) is 1. The second-order valence-electron chi connectivity index (χ2n) is 16.0. The molecule has 2 aromatic rings. The van der Waals surface area contributed by atoms with Crippen LogP contribution in [0.15, 0.2) is 85.0 Å². The second kappa shape index (κ2) is 17.7. The monoisotopic (exact) mass is 659 g/mol. The van der Waals surface area contributed by atoms with E-state index in [1.165, 1.54) is 62.5 Å². The number of carboxylic acids is 1. The summed E-state index contributed by atoms with van der Waals surface area (Å²) in [4.78, 5) is 12.7. The maximum absolute atomic E-state index is 12.7. The summed E-state index contributed by atoms with van der Waals surface area (Å²) in [6, 6.07) is 22.2. The lowest BCUT2D eigenvalue weighted by atomic mass is 9.50. The Bertz CT molecular complexity index is 1430. The lowest BCUT2D eigenvalue weighted by Gasteiger charge is -2.53. The standard InChI is InChI=1S/C46H61NO2/c47-31-29-42-39-27-28-44(43(42)34-45(48)49)46(40-23-11-4-12-24-40)30-14-13-25-41(46)26-15-22-38(37-20-9-3-10-21-37)32-36(33-39)19-8-2-7-18-35-16-5-1-6-17-35/h2-4,8-12,20-21,23-24,27-28,35-36,38-39,41-44H,1,5-7,13-14,16-19,22,25,29-34,47H2,(H,48,49)/b8-2-/t36-,38+,39-,41-,42-,43+,44+,46-/m0/s1. The van der Waals surface area contributed by atoms with Crippen LogP contribution < -0.4 is 5.73 Å². The Kier molecular flexibility index (Phi) is 12.9. The highest BCUT2D eigenvalue weighted by Crippen LogP contribution is 2.57. The van der Waals surface area contributed by atoms with Crippen molar-refractivity contribution in [2.24, 2.45) is 47.2 Å². The number of aliphatic carboxylic acids is 1. The van der Waals surface area contributed by atoms with Gasteiger partial charge < -0.3 is 10.8 Å². The van der Waals surface area contributed by atoms with E-state index >= 15 is 0 Å². The van der Waals surface area contributed by atoms with Crippen LogP contribution in [0.2, 0.25) is 0 Å². The Morgan fingerprint density at radius 2 is 1.59 bits per heavy atom. The van der Waals surface area contributed by atoms with Crippen molar-refractivity contribution in [2.45, 2.75) is 120 Å². The van der Waals surface area contributed by atoms with Gasteiger partial charge in [0.25, 0.3) is 0 Å². The molecule has 0 heterocycles. The van der Waals surface area contributed by atoms with Crippen molar-refractivity contribution < 1.29 is 9.90 Å². The fraction of sp³-hybridized carbons (Fsp3) is 0.587. The maximum Gasteiger partial charge on any atom is 0.303 e. The van der Waals surface area contributed by atoms with Gasteiger partial charge >= 0.3 is 5.97 Å². The Balaban J connectivity index is 1.39. The topological polar surface area (TPSA) is 63.3 Å². The van der Waals surface area contributed by atoms with Gasteiger partial charge in [0, 0.05) is 24.2 Å². The number of carbonyl (C=O) groups is 1. The van der Waals surface area contributed by atoms with E-state index in [0.29, 0.717) is 24.3 Å². The molecule has 0 aliphatic heterocycles. The van der Waals surface area contributed by atoms with Crippen LogP contribution in [0.25, 0.3) is 0 Å². The Morgan fingerprint density at radius 1 is 0.837 bits per heavy atom. The minimum absolute atomic E-state index is 0.0380. The zero-order valence-electron chi connectivity index (χ0n) is 29.9. The molecule has 0 saturated heterocycles. The molecule has 7 rings (SSSR count). The van der Waals surface area contributed by atoms with Crippen molar-refractivity contribution in [1.29, 1.82) is 0 Å². The predicted molar refractivity (Wildman–Crippen MR) is 203 cm³/mol. The summed E-state index contributed by atoms with van der Waals surface area (Å²) < 4.78 is 0. The fourth-order valence-corrected chi connectivity index (χ4v) is 10.8. The summed E-state index contributed by atoms with van der Waals surface area (Å²) in [6.07, 6.45) is 29.2. The minimum Gasteiger partial charge on any atom is -0.481 e. The first-order chi connectivity index (χ1) is 24.1. The predicted octanol–water partition coefficient (Wildman–Crippen LogP) is 10.9. The number of allylic oxidation sites excluding steroid dienone is 4. The van der Waals surface area contributed by atoms with Crippen molar-refractivity contribution in [1.82, 2.24) is 0 Å². The first-order valence-corrected chi connectivity index (χ1v) is 19.9. The Morgan fingerprint density at radius 3 is 2.35 bits per heavy atom. The molecule has 0 unspecified atom stereocenters. The quantitative estimate of drug-likeness (QED) is 0.186. The highest BCUT2D eigenvalue weighted by atomic mass is 16.4. The average Bonchev–Trinajstić information content (AvgIpc) is 3.15. The van der Waals surface area contributed by atoms with Crippen LogP contribution in [0.4, 0.5) is 0 Å². The Hall–Kier alpha value is -3.09. The van der Waals surface area contributed by atoms with Crippen LogP contribution in [-0.4, -0.2) is 17.6 Å². The molecule has 3 N–H and O–H groups in total. The molecule has 2 saturated carbocycles. The number of hydrogen-bond donors (Lipinski definition) is 2. The van der Waals surface area contributed by atoms with E-state index in [-0.39, 0.29) is 35.5 Å². The summed E-state index contributed by atoms with van der Waals surface area (Å²) in [6.45, 7) is 0.595. The SMILES string of the molecule is NCC[C@@H]1[C@@H](CC(=O)O)[C@H]2C=C[C@H]1C[C@@H](C/C=C\CCC1CCCCC1)C[C@H](c1ccccc1)CC#C[C@@H]1CCCC[C@]12c1ccccc1. The molecule has 8 atom stereocenters. The zero-order valence-corrected chi connectivity index (χ0v) is 29.9. The van der Waals surface area contributed by atoms with Gasteiger partial charge in [0.2, 0.25) is 0 Å². The molecule has 3 nitrogen and oxygen atoms in total. The first-order valence-electron chi connectivity index (χ1n) is 19.9. The molecule has 2 fully saturated rings. The molecule has 0 radical (unpaired) electrons. The van der Waals surface area contributed by atoms with Gasteiger partial charge in [0.05, 0.1) is 0 Å². The lowest BCUT2D eigenvalue weighted by Crippen LogP contribution is -2.50. The van der Waals surface area contributed by atoms with E-state index in [0.717, 1.165) is 57.3 Å². The number of benzene rings is 2. The molecule has 0 amide bonds. The van der Waals surface area contributed by atoms with Crippen LogP contribution in [0, 0.1) is 53.3 Å². The van der Waals surface area contributed by atoms with Crippen molar-refractivity contribution in [3.63, 3.8) is 0 Å². The third-order valence-corrected chi connectivity index (χ3v) is 13.1. The van der Waals surface area contributed by atoms with Gasteiger partial charge in [0.15, 0.2) is 0 Å². The van der Waals surface area contributed by atoms with Crippen LogP contribution in [0.5, 0.6) is 0 Å². The molecule has 262 valence electrons. The van der Waals surface area contributed by atoms with Crippen molar-refractivity contribution in [3.05, 3.63) is 96.1 Å². The molecule has 2 bridgehead atoms. The number of rotatable bonds is 11. The Labute approximate surface area is 297 Å². The molecular formula is C46H61NO2. The normalized spacial score (nSPS) is 32.3. The van der Waals surface area contributed by atoms with E-state index < -0.39 is 5.97 Å². The second-order valence-corrected chi connectivity index (χ2v) is 16.0. The minimum atomic E-state index is -0.682. The summed E-state index contributed by atoms with van der Waals surface area (Å²) in [5.74, 6) is 9.82. The third kappa shape index (κ3) is 8.80. The highest BCUT2D eigenvalue weighted by Gasteiger charge is 2.52. The van der Waals surface area contributed by atoms with Crippen LogP contribution in [0.3, 0.4) is 0 Å². The maximum atomic E-state index is 12.7. The third-order valence-electron chi connectivity index (χ3n) is 13.1. The summed E-state index contributed by atoms with van der Waals surface area (Å²) in [5.41, 5.74) is 8.95. The molecule has 2 aromatic carbocycles. The number of nitrogens with two attached hydrogens (primary N) is 1. The van der Waals surface area contributed by atoms with E-state index in [1.54, 1.807) is 0 Å². The fourth-order valence-electron chi connectivity index (χ4n) is 10.8. The molecule has 0 spiro atoms. The van der Waals surface area contributed by atoms with E-state index in [9.17, 15) is 9.90 Å². The smallest absolute Gasteiger partial charge is 0.303 e. The zero-order chi connectivity index (χ0) is 33.9. The molecule has 3 heteroatoms. The number of fused-ring (bicyclic) bond motifs is 6. The van der Waals surface area contributed by atoms with E-state index in [4.69, 9.17) is 5.73 Å². The van der Waals surface area contributed by atoms with Crippen molar-refractivity contribution in [3.8, 4) is 11.8 Å². The summed E-state index contributed by atoms with van der Waals surface area (Å²) in [7, 11) is 0. The summed E-state index contributed by atoms with van der Waals surface area (Å²) in [5, 5.41) is 10.4. The molecule has 5 aliphatic carbocycles. The first kappa shape index (κ1) is 35.7. The van der Waals surface area contributed by atoms with Crippen LogP contribution in [0.1, 0.15) is 126 Å². The van der Waals surface area contributed by atoms with E-state index in [2.05, 4.69) is 96.8 Å². The van der Waals surface area contributed by atoms with Gasteiger partial charge in [-0.3, -0.25) is 4.79 Å². The van der Waals surface area contributed by atoms with E-state index in [1.807, 2.05) is 0 Å². The van der Waals surface area contributed by atoms with Gasteiger partial charge in [0.1, 0.15) is 0 Å². The molecule has 49 heavy (non-hydrogen) atoms. The van der Waals surface area contributed by atoms with Gasteiger partial charge in [-0.2, -0.15) is 0 Å². The van der Waals surface area contributed by atoms with Crippen molar-refractivity contribution in [2.75, 3.05) is 6.54 Å². The summed E-state index contributed by atoms with van der Waals surface area (Å²) >= 11 is 0. The van der Waals surface area contributed by atoms with Crippen molar-refractivity contribution >= 4 is 5.97 Å². The van der Waals surface area contributed by atoms with Crippen LogP contribution >= 0.6 is 0 Å². The largest absolute Gasteiger partial charge is 0.481 e. The van der Waals surface area contributed by atoms with Crippen LogP contribution in [-0.2, 0) is 10.2 Å². The molecule has 0 aromatic heterocycles. The molecular weight excluding hydrogens is 599 g/mol.